The highest BCUT2D eigenvalue weighted by Gasteiger charge is 2.25. The zero-order valence-electron chi connectivity index (χ0n) is 20.0. The van der Waals surface area contributed by atoms with Crippen molar-refractivity contribution in [2.75, 3.05) is 39.8 Å². The Morgan fingerprint density at radius 2 is 1.79 bits per heavy atom. The van der Waals surface area contributed by atoms with Gasteiger partial charge in [0.15, 0.2) is 5.96 Å². The first-order valence-corrected chi connectivity index (χ1v) is 11.6. The number of carbonyl (C=O) groups excluding carboxylic acids is 1. The second kappa shape index (κ2) is 14.2. The van der Waals surface area contributed by atoms with Crippen LogP contribution in [0.15, 0.2) is 59.6 Å². The standard InChI is InChI=1S/C26H36N4O2.HI/c1-4-29(5-2)25(31)24-13-11-21(12-14-24)17-28-26(27-3)30-16-15-23(18-30)20-32-19-22-9-7-6-8-10-22;/h6-14,23H,4-5,15-20H2,1-3H3,(H,27,28);1H. The highest BCUT2D eigenvalue weighted by atomic mass is 127. The lowest BCUT2D eigenvalue weighted by Gasteiger charge is -2.22. The van der Waals surface area contributed by atoms with Crippen molar-refractivity contribution < 1.29 is 9.53 Å². The van der Waals surface area contributed by atoms with Gasteiger partial charge < -0.3 is 19.9 Å². The van der Waals surface area contributed by atoms with E-state index in [1.807, 2.05) is 68.3 Å². The number of ether oxygens (including phenoxy) is 1. The Morgan fingerprint density at radius 1 is 1.09 bits per heavy atom. The number of benzene rings is 2. The van der Waals surface area contributed by atoms with Gasteiger partial charge >= 0.3 is 0 Å². The zero-order chi connectivity index (χ0) is 22.8. The first-order chi connectivity index (χ1) is 15.6. The Morgan fingerprint density at radius 3 is 2.42 bits per heavy atom. The molecule has 1 heterocycles. The van der Waals surface area contributed by atoms with Crippen LogP contribution in [0, 0.1) is 5.92 Å². The monoisotopic (exact) mass is 564 g/mol. The summed E-state index contributed by atoms with van der Waals surface area (Å²) in [6.45, 7) is 9.50. The summed E-state index contributed by atoms with van der Waals surface area (Å²) >= 11 is 0. The summed E-state index contributed by atoms with van der Waals surface area (Å²) in [5.74, 6) is 1.52. The van der Waals surface area contributed by atoms with Gasteiger partial charge in [0.2, 0.25) is 0 Å². The topological polar surface area (TPSA) is 57.2 Å². The van der Waals surface area contributed by atoms with Crippen LogP contribution in [0.5, 0.6) is 0 Å². The molecule has 0 aliphatic carbocycles. The number of halogens is 1. The molecule has 1 aliphatic rings. The molecule has 1 saturated heterocycles. The molecule has 1 unspecified atom stereocenters. The average Bonchev–Trinajstić information content (AvgIpc) is 3.30. The summed E-state index contributed by atoms with van der Waals surface area (Å²) in [5.41, 5.74) is 3.08. The van der Waals surface area contributed by atoms with Gasteiger partial charge in [-0.15, -0.1) is 24.0 Å². The molecule has 1 atom stereocenters. The molecule has 0 spiro atoms. The third-order valence-corrected chi connectivity index (χ3v) is 5.96. The molecule has 6 nitrogen and oxygen atoms in total. The Balaban J connectivity index is 0.00000385. The quantitative estimate of drug-likeness (QED) is 0.279. The molecule has 2 aromatic carbocycles. The minimum Gasteiger partial charge on any atom is -0.376 e. The number of guanidine groups is 1. The molecule has 1 fully saturated rings. The maximum atomic E-state index is 12.5. The maximum Gasteiger partial charge on any atom is 0.253 e. The molecule has 180 valence electrons. The lowest BCUT2D eigenvalue weighted by atomic mass is 10.1. The SMILES string of the molecule is CCN(CC)C(=O)c1ccc(CNC(=NC)N2CCC(COCc3ccccc3)C2)cc1.I. The molecule has 3 rings (SSSR count). The van der Waals surface area contributed by atoms with E-state index in [9.17, 15) is 4.79 Å². The van der Waals surface area contributed by atoms with E-state index < -0.39 is 0 Å². The second-order valence-electron chi connectivity index (χ2n) is 8.18. The third kappa shape index (κ3) is 7.99. The number of aliphatic imine (C=N–C) groups is 1. The Bertz CT molecular complexity index is 870. The Labute approximate surface area is 215 Å². The lowest BCUT2D eigenvalue weighted by molar-refractivity contribution is 0.0773. The van der Waals surface area contributed by atoms with Gasteiger partial charge in [-0.2, -0.15) is 0 Å². The lowest BCUT2D eigenvalue weighted by Crippen LogP contribution is -2.39. The van der Waals surface area contributed by atoms with Crippen molar-refractivity contribution in [3.63, 3.8) is 0 Å². The summed E-state index contributed by atoms with van der Waals surface area (Å²) in [4.78, 5) is 21.1. The van der Waals surface area contributed by atoms with Crippen molar-refractivity contribution >= 4 is 35.8 Å². The molecule has 1 N–H and O–H groups in total. The zero-order valence-corrected chi connectivity index (χ0v) is 22.3. The van der Waals surface area contributed by atoms with E-state index in [1.54, 1.807) is 0 Å². The van der Waals surface area contributed by atoms with E-state index in [2.05, 4.69) is 27.3 Å². The van der Waals surface area contributed by atoms with Crippen LogP contribution in [-0.4, -0.2) is 61.5 Å². The molecular weight excluding hydrogens is 527 g/mol. The summed E-state index contributed by atoms with van der Waals surface area (Å²) in [6.07, 6.45) is 1.11. The Kier molecular flexibility index (Phi) is 11.7. The van der Waals surface area contributed by atoms with E-state index in [0.29, 0.717) is 19.1 Å². The molecule has 0 aromatic heterocycles. The van der Waals surface area contributed by atoms with Gasteiger partial charge in [0.1, 0.15) is 0 Å². The van der Waals surface area contributed by atoms with Crippen molar-refractivity contribution in [2.24, 2.45) is 10.9 Å². The van der Waals surface area contributed by atoms with Crippen molar-refractivity contribution in [1.82, 2.24) is 15.1 Å². The van der Waals surface area contributed by atoms with Crippen LogP contribution in [0.4, 0.5) is 0 Å². The van der Waals surface area contributed by atoms with Crippen LogP contribution in [0.3, 0.4) is 0 Å². The fourth-order valence-corrected chi connectivity index (χ4v) is 4.05. The second-order valence-corrected chi connectivity index (χ2v) is 8.18. The van der Waals surface area contributed by atoms with E-state index in [4.69, 9.17) is 4.74 Å². The van der Waals surface area contributed by atoms with E-state index >= 15 is 0 Å². The number of hydrogen-bond donors (Lipinski definition) is 1. The van der Waals surface area contributed by atoms with Crippen LogP contribution >= 0.6 is 24.0 Å². The predicted octanol–water partition coefficient (Wildman–Crippen LogP) is 4.40. The van der Waals surface area contributed by atoms with Gasteiger partial charge in [-0.05, 0) is 43.5 Å². The minimum atomic E-state index is 0. The number of nitrogens with one attached hydrogen (secondary N) is 1. The van der Waals surface area contributed by atoms with Crippen molar-refractivity contribution in [1.29, 1.82) is 0 Å². The minimum absolute atomic E-state index is 0. The fourth-order valence-electron chi connectivity index (χ4n) is 4.05. The molecule has 1 amide bonds. The number of nitrogens with zero attached hydrogens (tertiary/aromatic N) is 3. The fraction of sp³-hybridized carbons (Fsp3) is 0.462. The summed E-state index contributed by atoms with van der Waals surface area (Å²) in [7, 11) is 1.83. The van der Waals surface area contributed by atoms with Gasteiger partial charge in [0, 0.05) is 51.3 Å². The number of carbonyl (C=O) groups is 1. The first kappa shape index (κ1) is 27.1. The largest absolute Gasteiger partial charge is 0.376 e. The highest BCUT2D eigenvalue weighted by Crippen LogP contribution is 2.17. The van der Waals surface area contributed by atoms with Crippen molar-refractivity contribution in [3.8, 4) is 0 Å². The van der Waals surface area contributed by atoms with Crippen LogP contribution in [0.25, 0.3) is 0 Å². The Hall–Kier alpha value is -2.13. The number of rotatable bonds is 9. The van der Waals surface area contributed by atoms with Crippen LogP contribution in [0.2, 0.25) is 0 Å². The average molecular weight is 565 g/mol. The number of hydrogen-bond acceptors (Lipinski definition) is 3. The number of amides is 1. The first-order valence-electron chi connectivity index (χ1n) is 11.6. The summed E-state index contributed by atoms with van der Waals surface area (Å²) in [6, 6.07) is 18.2. The summed E-state index contributed by atoms with van der Waals surface area (Å²) in [5, 5.41) is 3.46. The smallest absolute Gasteiger partial charge is 0.253 e. The van der Waals surface area contributed by atoms with Gasteiger partial charge in [0.05, 0.1) is 13.2 Å². The van der Waals surface area contributed by atoms with E-state index in [1.165, 1.54) is 5.56 Å². The molecule has 2 aromatic rings. The maximum absolute atomic E-state index is 12.5. The molecule has 33 heavy (non-hydrogen) atoms. The highest BCUT2D eigenvalue weighted by molar-refractivity contribution is 14.0. The van der Waals surface area contributed by atoms with Gasteiger partial charge in [-0.1, -0.05) is 42.5 Å². The summed E-state index contributed by atoms with van der Waals surface area (Å²) < 4.78 is 5.94. The molecule has 1 aliphatic heterocycles. The number of likely N-dealkylation sites (tertiary alicyclic amines) is 1. The molecule has 7 heteroatoms. The normalized spacial score (nSPS) is 15.8. The van der Waals surface area contributed by atoms with Crippen LogP contribution in [0.1, 0.15) is 41.8 Å². The van der Waals surface area contributed by atoms with Gasteiger partial charge in [0.25, 0.3) is 5.91 Å². The molecule has 0 bridgehead atoms. The molecular formula is C26H37IN4O2. The van der Waals surface area contributed by atoms with Gasteiger partial charge in [-0.3, -0.25) is 9.79 Å². The molecule has 0 saturated carbocycles. The van der Waals surface area contributed by atoms with Crippen molar-refractivity contribution in [3.05, 3.63) is 71.3 Å². The van der Waals surface area contributed by atoms with Crippen molar-refractivity contribution in [2.45, 2.75) is 33.4 Å². The van der Waals surface area contributed by atoms with E-state index in [0.717, 1.165) is 56.3 Å². The molecule has 0 radical (unpaired) electrons. The third-order valence-electron chi connectivity index (χ3n) is 5.96. The van der Waals surface area contributed by atoms with Crippen LogP contribution in [-0.2, 0) is 17.9 Å². The predicted molar refractivity (Wildman–Crippen MR) is 145 cm³/mol. The van der Waals surface area contributed by atoms with Gasteiger partial charge in [-0.25, -0.2) is 0 Å². The van der Waals surface area contributed by atoms with E-state index in [-0.39, 0.29) is 29.9 Å². The van der Waals surface area contributed by atoms with Crippen LogP contribution < -0.4 is 5.32 Å².